The second kappa shape index (κ2) is 6.46. The first-order valence-corrected chi connectivity index (χ1v) is 8.86. The molecule has 27 heavy (non-hydrogen) atoms. The van der Waals surface area contributed by atoms with Crippen molar-refractivity contribution in [2.24, 2.45) is 7.05 Å². The van der Waals surface area contributed by atoms with E-state index in [4.69, 9.17) is 9.31 Å². The van der Waals surface area contributed by atoms with Gasteiger partial charge in [-0.25, -0.2) is 4.39 Å². The summed E-state index contributed by atoms with van der Waals surface area (Å²) in [7, 11) is 2.56. The molecule has 0 aliphatic carbocycles. The Bertz CT molecular complexity index is 878. The van der Waals surface area contributed by atoms with Gasteiger partial charge in [0.1, 0.15) is 11.5 Å². The number of carbonyl (C=O) groups excluding carboxylic acids is 1. The van der Waals surface area contributed by atoms with E-state index in [9.17, 15) is 9.18 Å². The van der Waals surface area contributed by atoms with Gasteiger partial charge < -0.3 is 14.2 Å². The molecule has 0 N–H and O–H groups in total. The topological polar surface area (TPSA) is 56.6 Å². The second-order valence-corrected chi connectivity index (χ2v) is 7.95. The molecule has 1 aromatic carbocycles. The van der Waals surface area contributed by atoms with E-state index in [1.54, 1.807) is 26.2 Å². The summed E-state index contributed by atoms with van der Waals surface area (Å²) >= 11 is 0. The van der Waals surface area contributed by atoms with Crippen molar-refractivity contribution in [2.75, 3.05) is 11.9 Å². The van der Waals surface area contributed by atoms with Gasteiger partial charge in [0, 0.05) is 20.3 Å². The van der Waals surface area contributed by atoms with E-state index in [1.807, 2.05) is 34.6 Å². The van der Waals surface area contributed by atoms with Crippen LogP contribution in [0.1, 0.15) is 43.7 Å². The van der Waals surface area contributed by atoms with E-state index in [2.05, 4.69) is 5.10 Å². The van der Waals surface area contributed by atoms with Gasteiger partial charge in [0.05, 0.1) is 16.9 Å². The molecule has 0 bridgehead atoms. The molecule has 2 heterocycles. The summed E-state index contributed by atoms with van der Waals surface area (Å²) in [6.45, 7) is 9.66. The zero-order valence-electron chi connectivity index (χ0n) is 16.8. The number of rotatable bonds is 3. The minimum Gasteiger partial charge on any atom is -0.399 e. The van der Waals surface area contributed by atoms with Crippen LogP contribution in [-0.2, 0) is 16.4 Å². The number of hydrogen-bond acceptors (Lipinski definition) is 4. The van der Waals surface area contributed by atoms with Gasteiger partial charge in [-0.15, -0.1) is 0 Å². The Balaban J connectivity index is 1.92. The number of carbonyl (C=O) groups is 1. The fourth-order valence-electron chi connectivity index (χ4n) is 3.03. The highest BCUT2D eigenvalue weighted by Crippen LogP contribution is 2.37. The Labute approximate surface area is 159 Å². The second-order valence-electron chi connectivity index (χ2n) is 7.95. The number of benzene rings is 1. The van der Waals surface area contributed by atoms with Gasteiger partial charge in [0.15, 0.2) is 0 Å². The lowest BCUT2D eigenvalue weighted by Gasteiger charge is -2.32. The normalized spacial score (nSPS) is 18.0. The highest BCUT2D eigenvalue weighted by Gasteiger charge is 2.52. The molecule has 2 aromatic rings. The monoisotopic (exact) mass is 373 g/mol. The summed E-state index contributed by atoms with van der Waals surface area (Å²) in [5, 5.41) is 3.99. The van der Waals surface area contributed by atoms with E-state index >= 15 is 0 Å². The number of aryl methyl sites for hydroxylation is 2. The molecule has 1 amide bonds. The SMILES string of the molecule is Cc1cc(N(C)C(=O)c2ccnn2C)c(F)cc1B1OC(C)(C)C(C)(C)O1. The van der Waals surface area contributed by atoms with Crippen LogP contribution in [0.4, 0.5) is 10.1 Å². The predicted octanol–water partition coefficient (Wildman–Crippen LogP) is 2.44. The molecule has 6 nitrogen and oxygen atoms in total. The molecule has 0 atom stereocenters. The van der Waals surface area contributed by atoms with Gasteiger partial charge in [-0.05, 0) is 63.8 Å². The first kappa shape index (κ1) is 19.6. The van der Waals surface area contributed by atoms with Crippen LogP contribution >= 0.6 is 0 Å². The Morgan fingerprint density at radius 3 is 2.33 bits per heavy atom. The van der Waals surface area contributed by atoms with Crippen molar-refractivity contribution in [2.45, 2.75) is 45.8 Å². The Hall–Kier alpha value is -2.19. The van der Waals surface area contributed by atoms with Gasteiger partial charge in [0.2, 0.25) is 0 Å². The fourth-order valence-corrected chi connectivity index (χ4v) is 3.03. The molecule has 8 heteroatoms. The molecule has 0 radical (unpaired) electrons. The minimum atomic E-state index is -0.656. The maximum Gasteiger partial charge on any atom is 0.495 e. The number of halogens is 1. The van der Waals surface area contributed by atoms with E-state index in [-0.39, 0.29) is 11.6 Å². The van der Waals surface area contributed by atoms with Crippen LogP contribution in [0.3, 0.4) is 0 Å². The maximum absolute atomic E-state index is 14.9. The summed E-state index contributed by atoms with van der Waals surface area (Å²) in [6, 6.07) is 4.63. The third-order valence-electron chi connectivity index (χ3n) is 5.55. The molecule has 0 spiro atoms. The maximum atomic E-state index is 14.9. The van der Waals surface area contributed by atoms with E-state index in [0.717, 1.165) is 5.56 Å². The lowest BCUT2D eigenvalue weighted by atomic mass is 9.76. The molecular weight excluding hydrogens is 348 g/mol. The van der Waals surface area contributed by atoms with Crippen LogP contribution in [0.5, 0.6) is 0 Å². The van der Waals surface area contributed by atoms with Crippen molar-refractivity contribution in [3.8, 4) is 0 Å². The van der Waals surface area contributed by atoms with Crippen LogP contribution in [0.25, 0.3) is 0 Å². The number of amides is 1. The van der Waals surface area contributed by atoms with Crippen molar-refractivity contribution in [3.05, 3.63) is 41.5 Å². The van der Waals surface area contributed by atoms with Crippen LogP contribution < -0.4 is 10.4 Å². The molecule has 1 aromatic heterocycles. The predicted molar refractivity (Wildman–Crippen MR) is 103 cm³/mol. The average molecular weight is 373 g/mol. The van der Waals surface area contributed by atoms with Crippen LogP contribution in [-0.4, -0.2) is 41.1 Å². The summed E-state index contributed by atoms with van der Waals surface area (Å²) in [5.74, 6) is -0.847. The fraction of sp³-hybridized carbons (Fsp3) is 0.474. The molecule has 0 saturated carbocycles. The summed E-state index contributed by atoms with van der Waals surface area (Å²) in [4.78, 5) is 13.9. The molecule has 144 valence electrons. The van der Waals surface area contributed by atoms with Gasteiger partial charge in [-0.1, -0.05) is 0 Å². The van der Waals surface area contributed by atoms with E-state index in [1.165, 1.54) is 21.8 Å². The lowest BCUT2D eigenvalue weighted by molar-refractivity contribution is 0.00578. The van der Waals surface area contributed by atoms with Crippen molar-refractivity contribution in [1.82, 2.24) is 9.78 Å². The highest BCUT2D eigenvalue weighted by atomic mass is 19.1. The van der Waals surface area contributed by atoms with Crippen molar-refractivity contribution < 1.29 is 18.5 Å². The largest absolute Gasteiger partial charge is 0.495 e. The van der Waals surface area contributed by atoms with Crippen LogP contribution in [0.2, 0.25) is 0 Å². The summed E-state index contributed by atoms with van der Waals surface area (Å²) in [6.07, 6.45) is 1.53. The molecule has 0 unspecified atom stereocenters. The standard InChI is InChI=1S/C19H25BFN3O3/c1-12-10-16(23(6)17(25)15-8-9-22-24(15)7)14(21)11-13(12)20-26-18(2,3)19(4,5)27-20/h8-11H,1-7H3. The zero-order valence-corrected chi connectivity index (χ0v) is 16.8. The number of nitrogens with zero attached hydrogens (tertiary/aromatic N) is 3. The summed E-state index contributed by atoms with van der Waals surface area (Å²) < 4.78 is 28.4. The molecule has 1 fully saturated rings. The minimum absolute atomic E-state index is 0.193. The van der Waals surface area contributed by atoms with Crippen LogP contribution in [0.15, 0.2) is 24.4 Å². The van der Waals surface area contributed by atoms with Gasteiger partial charge in [0.25, 0.3) is 5.91 Å². The third-order valence-corrected chi connectivity index (χ3v) is 5.55. The average Bonchev–Trinajstić information content (AvgIpc) is 3.08. The summed E-state index contributed by atoms with van der Waals surface area (Å²) in [5.41, 5.74) is 0.964. The van der Waals surface area contributed by atoms with Gasteiger partial charge >= 0.3 is 7.12 Å². The third kappa shape index (κ3) is 3.28. The molecule has 1 aliphatic rings. The Morgan fingerprint density at radius 2 is 1.81 bits per heavy atom. The van der Waals surface area contributed by atoms with Crippen molar-refractivity contribution in [1.29, 1.82) is 0 Å². The molecule has 1 saturated heterocycles. The smallest absolute Gasteiger partial charge is 0.399 e. The highest BCUT2D eigenvalue weighted by molar-refractivity contribution is 6.62. The first-order chi connectivity index (χ1) is 12.4. The van der Waals surface area contributed by atoms with Crippen molar-refractivity contribution in [3.63, 3.8) is 0 Å². The van der Waals surface area contributed by atoms with E-state index in [0.29, 0.717) is 11.2 Å². The Morgan fingerprint density at radius 1 is 1.22 bits per heavy atom. The molecule has 1 aliphatic heterocycles. The lowest BCUT2D eigenvalue weighted by Crippen LogP contribution is -2.41. The number of aromatic nitrogens is 2. The van der Waals surface area contributed by atoms with Crippen LogP contribution in [0, 0.1) is 12.7 Å². The van der Waals surface area contributed by atoms with Gasteiger partial charge in [-0.3, -0.25) is 9.48 Å². The number of hydrogen-bond donors (Lipinski definition) is 0. The number of anilines is 1. The molecular formula is C19H25BFN3O3. The Kier molecular flexibility index (Phi) is 4.68. The first-order valence-electron chi connectivity index (χ1n) is 8.86. The van der Waals surface area contributed by atoms with E-state index < -0.39 is 24.1 Å². The quantitative estimate of drug-likeness (QED) is 0.776. The molecule has 3 rings (SSSR count). The van der Waals surface area contributed by atoms with Crippen molar-refractivity contribution >= 4 is 24.2 Å². The van der Waals surface area contributed by atoms with Gasteiger partial charge in [-0.2, -0.15) is 5.10 Å². The zero-order chi connectivity index (χ0) is 20.1.